The lowest BCUT2D eigenvalue weighted by atomic mass is 10.1. The Hall–Kier alpha value is -3.55. The molecule has 0 fully saturated rings. The van der Waals surface area contributed by atoms with Gasteiger partial charge in [-0.3, -0.25) is 14.6 Å². The van der Waals surface area contributed by atoms with Crippen LogP contribution in [0.4, 0.5) is 0 Å². The largest absolute Gasteiger partial charge is 0.346 e. The second-order valence-corrected chi connectivity index (χ2v) is 6.71. The third-order valence-electron chi connectivity index (χ3n) is 4.80. The van der Waals surface area contributed by atoms with Crippen LogP contribution in [0.25, 0.3) is 0 Å². The maximum absolute atomic E-state index is 12.7. The van der Waals surface area contributed by atoms with Crippen LogP contribution in [0.2, 0.25) is 0 Å². The molecule has 1 N–H and O–H groups in total. The van der Waals surface area contributed by atoms with Gasteiger partial charge in [-0.15, -0.1) is 5.10 Å². The fourth-order valence-electron chi connectivity index (χ4n) is 3.29. The number of amides is 2. The van der Waals surface area contributed by atoms with Crippen LogP contribution >= 0.6 is 0 Å². The van der Waals surface area contributed by atoms with Gasteiger partial charge in [-0.25, -0.2) is 4.68 Å². The fourth-order valence-corrected chi connectivity index (χ4v) is 3.29. The first-order valence-corrected chi connectivity index (χ1v) is 9.07. The van der Waals surface area contributed by atoms with Crippen molar-refractivity contribution in [2.45, 2.75) is 32.6 Å². The number of nitrogens with one attached hydrogen (secondary N) is 1. The van der Waals surface area contributed by atoms with Gasteiger partial charge in [0.05, 0.1) is 24.3 Å². The van der Waals surface area contributed by atoms with E-state index in [1.807, 2.05) is 37.3 Å². The lowest BCUT2D eigenvalue weighted by molar-refractivity contribution is -0.138. The van der Waals surface area contributed by atoms with Gasteiger partial charge in [0.25, 0.3) is 5.91 Å². The zero-order chi connectivity index (χ0) is 19.5. The highest BCUT2D eigenvalue weighted by Crippen LogP contribution is 2.24. The molecule has 1 atom stereocenters. The Balaban J connectivity index is 1.50. The molecule has 0 aliphatic carbocycles. The van der Waals surface area contributed by atoms with E-state index in [0.717, 1.165) is 11.3 Å². The monoisotopic (exact) mass is 376 g/mol. The number of fused-ring (bicyclic) bond motifs is 1. The maximum Gasteiger partial charge on any atom is 0.253 e. The van der Waals surface area contributed by atoms with Crippen LogP contribution in [0.5, 0.6) is 0 Å². The highest BCUT2D eigenvalue weighted by atomic mass is 16.2. The molecule has 1 aliphatic heterocycles. The second-order valence-electron chi connectivity index (χ2n) is 6.71. The third-order valence-corrected chi connectivity index (χ3v) is 4.80. The predicted octanol–water partition coefficient (Wildman–Crippen LogP) is 1.71. The van der Waals surface area contributed by atoms with Gasteiger partial charge in [0, 0.05) is 18.9 Å². The molecule has 0 saturated carbocycles. The lowest BCUT2D eigenvalue weighted by Crippen LogP contribution is -2.41. The average molecular weight is 376 g/mol. The number of hydrogen-bond acceptors (Lipinski definition) is 5. The lowest BCUT2D eigenvalue weighted by Gasteiger charge is -2.31. The van der Waals surface area contributed by atoms with E-state index >= 15 is 0 Å². The van der Waals surface area contributed by atoms with Gasteiger partial charge in [-0.2, -0.15) is 0 Å². The van der Waals surface area contributed by atoms with E-state index in [-0.39, 0.29) is 18.4 Å². The number of carbonyl (C=O) groups excluding carboxylic acids is 2. The minimum absolute atomic E-state index is 0.00667. The van der Waals surface area contributed by atoms with Gasteiger partial charge in [-0.1, -0.05) is 35.5 Å². The van der Waals surface area contributed by atoms with Gasteiger partial charge >= 0.3 is 0 Å². The summed E-state index contributed by atoms with van der Waals surface area (Å²) in [7, 11) is 0. The highest BCUT2D eigenvalue weighted by Gasteiger charge is 2.33. The molecular weight excluding hydrogens is 356 g/mol. The zero-order valence-electron chi connectivity index (χ0n) is 15.4. The minimum atomic E-state index is -0.428. The van der Waals surface area contributed by atoms with Crippen molar-refractivity contribution >= 4 is 11.8 Å². The molecule has 0 saturated heterocycles. The number of nitrogens with zero attached hydrogens (tertiary/aromatic N) is 5. The zero-order valence-corrected chi connectivity index (χ0v) is 15.4. The molecule has 0 spiro atoms. The maximum atomic E-state index is 12.7. The van der Waals surface area contributed by atoms with Crippen LogP contribution in [0.1, 0.15) is 40.3 Å². The smallest absolute Gasteiger partial charge is 0.253 e. The van der Waals surface area contributed by atoms with Crippen molar-refractivity contribution in [3.8, 4) is 0 Å². The van der Waals surface area contributed by atoms with Gasteiger partial charge in [-0.05, 0) is 24.6 Å². The molecule has 1 aromatic carbocycles. The normalized spacial score (nSPS) is 16.0. The summed E-state index contributed by atoms with van der Waals surface area (Å²) in [6.07, 6.45) is 3.13. The number of rotatable bonds is 5. The quantitative estimate of drug-likeness (QED) is 0.732. The van der Waals surface area contributed by atoms with Crippen LogP contribution in [0.3, 0.4) is 0 Å². The summed E-state index contributed by atoms with van der Waals surface area (Å²) >= 11 is 0. The average Bonchev–Trinajstić information content (AvgIpc) is 3.14. The van der Waals surface area contributed by atoms with Crippen LogP contribution < -0.4 is 5.32 Å². The number of carbonyl (C=O) groups is 2. The van der Waals surface area contributed by atoms with E-state index < -0.39 is 6.04 Å². The van der Waals surface area contributed by atoms with Crippen molar-refractivity contribution in [2.24, 2.45) is 0 Å². The standard InChI is InChI=1S/C20H20N6O2/c1-14-20(28)25(12-15-6-3-2-4-7-15)13-18-17(23-24-26(14)18)11-22-19(27)16-8-5-9-21-10-16/h2-10,14H,11-13H2,1H3,(H,22,27). The van der Waals surface area contributed by atoms with Crippen LogP contribution in [-0.4, -0.2) is 36.7 Å². The van der Waals surface area contributed by atoms with E-state index in [9.17, 15) is 9.59 Å². The van der Waals surface area contributed by atoms with Crippen molar-refractivity contribution in [1.82, 2.24) is 30.2 Å². The topological polar surface area (TPSA) is 93.0 Å². The van der Waals surface area contributed by atoms with Crippen molar-refractivity contribution < 1.29 is 9.59 Å². The molecule has 28 heavy (non-hydrogen) atoms. The SMILES string of the molecule is CC1C(=O)N(Cc2ccccc2)Cc2c(CNC(=O)c3cccnc3)nnn21. The molecule has 142 valence electrons. The molecule has 1 aliphatic rings. The van der Waals surface area contributed by atoms with Crippen LogP contribution in [0.15, 0.2) is 54.9 Å². The van der Waals surface area contributed by atoms with Gasteiger partial charge in [0.15, 0.2) is 0 Å². The van der Waals surface area contributed by atoms with E-state index in [0.29, 0.717) is 24.3 Å². The second kappa shape index (κ2) is 7.59. The first-order chi connectivity index (χ1) is 13.6. The van der Waals surface area contributed by atoms with Crippen LogP contribution in [-0.2, 0) is 24.4 Å². The first kappa shape index (κ1) is 17.8. The Labute approximate surface area is 162 Å². The van der Waals surface area contributed by atoms with Gasteiger partial charge in [0.1, 0.15) is 11.7 Å². The Kier molecular flexibility index (Phi) is 4.84. The summed E-state index contributed by atoms with van der Waals surface area (Å²) in [4.78, 5) is 30.7. The van der Waals surface area contributed by atoms with E-state index in [4.69, 9.17) is 0 Å². The summed E-state index contributed by atoms with van der Waals surface area (Å²) < 4.78 is 1.65. The summed E-state index contributed by atoms with van der Waals surface area (Å²) in [6, 6.07) is 12.8. The molecule has 2 aromatic heterocycles. The molecule has 0 bridgehead atoms. The summed E-state index contributed by atoms with van der Waals surface area (Å²) in [5.41, 5.74) is 3.05. The summed E-state index contributed by atoms with van der Waals surface area (Å²) in [6.45, 7) is 2.98. The molecule has 0 radical (unpaired) electrons. The van der Waals surface area contributed by atoms with Gasteiger partial charge in [0.2, 0.25) is 5.91 Å². The fraction of sp³-hybridized carbons (Fsp3) is 0.250. The van der Waals surface area contributed by atoms with Crippen molar-refractivity contribution in [3.05, 3.63) is 77.4 Å². The Morgan fingerprint density at radius 3 is 2.79 bits per heavy atom. The highest BCUT2D eigenvalue weighted by molar-refractivity contribution is 5.93. The van der Waals surface area contributed by atoms with Crippen molar-refractivity contribution in [1.29, 1.82) is 0 Å². The van der Waals surface area contributed by atoms with Crippen molar-refractivity contribution in [2.75, 3.05) is 0 Å². The molecule has 3 heterocycles. The number of aromatic nitrogens is 4. The van der Waals surface area contributed by atoms with E-state index in [2.05, 4.69) is 20.6 Å². The molecule has 4 rings (SSSR count). The predicted molar refractivity (Wildman–Crippen MR) is 101 cm³/mol. The van der Waals surface area contributed by atoms with E-state index in [1.54, 1.807) is 27.9 Å². The minimum Gasteiger partial charge on any atom is -0.346 e. The van der Waals surface area contributed by atoms with Crippen molar-refractivity contribution in [3.63, 3.8) is 0 Å². The number of benzene rings is 1. The Morgan fingerprint density at radius 1 is 1.21 bits per heavy atom. The van der Waals surface area contributed by atoms with Gasteiger partial charge < -0.3 is 10.2 Å². The Morgan fingerprint density at radius 2 is 2.04 bits per heavy atom. The van der Waals surface area contributed by atoms with Crippen LogP contribution in [0, 0.1) is 0 Å². The molecule has 8 heteroatoms. The molecule has 8 nitrogen and oxygen atoms in total. The number of hydrogen-bond donors (Lipinski definition) is 1. The summed E-state index contributed by atoms with van der Waals surface area (Å²) in [5, 5.41) is 11.2. The number of pyridine rings is 1. The molecule has 1 unspecified atom stereocenters. The molecule has 2 amide bonds. The third kappa shape index (κ3) is 3.48. The molecule has 3 aromatic rings. The first-order valence-electron chi connectivity index (χ1n) is 9.07. The van der Waals surface area contributed by atoms with E-state index in [1.165, 1.54) is 6.20 Å². The summed E-state index contributed by atoms with van der Waals surface area (Å²) in [5.74, 6) is -0.219. The molecular formula is C20H20N6O2. The Bertz CT molecular complexity index is 986.